The first-order chi connectivity index (χ1) is 12.1. The number of hydrogen-bond donors (Lipinski definition) is 2. The molecule has 1 aromatic carbocycles. The van der Waals surface area contributed by atoms with E-state index in [1.165, 1.54) is 19.3 Å². The molecule has 1 amide bonds. The van der Waals surface area contributed by atoms with Crippen molar-refractivity contribution in [2.24, 2.45) is 11.1 Å². The highest BCUT2D eigenvalue weighted by Gasteiger charge is 2.33. The van der Waals surface area contributed by atoms with Crippen molar-refractivity contribution in [1.82, 2.24) is 10.3 Å². The summed E-state index contributed by atoms with van der Waals surface area (Å²) in [5.41, 5.74) is 6.93. The minimum Gasteiger partial charge on any atom is -0.438 e. The highest BCUT2D eigenvalue weighted by molar-refractivity contribution is 5.85. The summed E-state index contributed by atoms with van der Waals surface area (Å²) in [7, 11) is 0. The van der Waals surface area contributed by atoms with Gasteiger partial charge in [0.1, 0.15) is 6.04 Å². The fraction of sp³-hybridized carbons (Fsp3) is 0.500. The standard InChI is InChI=1S/C20H27N3O2.ClH/c1-15(19-22-13-17(25-19)16-8-4-2-5-9-16)23-18(24)12-20(14-21)10-6-3-7-11-20;/h2,4-5,8-9,13,15H,3,6-7,10-12,14,21H2,1H3,(H,23,24);1H. The molecule has 2 aromatic rings. The molecule has 5 nitrogen and oxygen atoms in total. The largest absolute Gasteiger partial charge is 0.438 e. The van der Waals surface area contributed by atoms with Crippen LogP contribution in [0.1, 0.15) is 57.4 Å². The van der Waals surface area contributed by atoms with E-state index >= 15 is 0 Å². The van der Waals surface area contributed by atoms with Gasteiger partial charge in [-0.2, -0.15) is 0 Å². The molecule has 0 radical (unpaired) electrons. The van der Waals surface area contributed by atoms with E-state index < -0.39 is 0 Å². The van der Waals surface area contributed by atoms with E-state index in [1.807, 2.05) is 37.3 Å². The van der Waals surface area contributed by atoms with Crippen LogP contribution in [0.3, 0.4) is 0 Å². The van der Waals surface area contributed by atoms with Gasteiger partial charge in [-0.3, -0.25) is 4.79 Å². The zero-order valence-corrected chi connectivity index (χ0v) is 16.1. The van der Waals surface area contributed by atoms with Gasteiger partial charge >= 0.3 is 0 Å². The smallest absolute Gasteiger partial charge is 0.221 e. The SMILES string of the molecule is CC(NC(=O)CC1(CN)CCCCC1)c1ncc(-c2ccccc2)o1.Cl. The summed E-state index contributed by atoms with van der Waals surface area (Å²) in [6, 6.07) is 9.56. The molecule has 1 fully saturated rings. The number of rotatable bonds is 6. The summed E-state index contributed by atoms with van der Waals surface area (Å²) in [6.45, 7) is 2.47. The van der Waals surface area contributed by atoms with Crippen LogP contribution in [0.2, 0.25) is 0 Å². The predicted octanol–water partition coefficient (Wildman–Crippen LogP) is 4.24. The van der Waals surface area contributed by atoms with Crippen molar-refractivity contribution in [2.75, 3.05) is 6.54 Å². The number of nitrogens with one attached hydrogen (secondary N) is 1. The average Bonchev–Trinajstić information content (AvgIpc) is 3.13. The maximum atomic E-state index is 12.5. The molecule has 1 aliphatic rings. The topological polar surface area (TPSA) is 81.2 Å². The number of amides is 1. The van der Waals surface area contributed by atoms with E-state index in [2.05, 4.69) is 10.3 Å². The summed E-state index contributed by atoms with van der Waals surface area (Å²) in [6.07, 6.45) is 7.86. The quantitative estimate of drug-likeness (QED) is 0.788. The highest BCUT2D eigenvalue weighted by atomic mass is 35.5. The first kappa shape index (κ1) is 20.5. The summed E-state index contributed by atoms with van der Waals surface area (Å²) in [4.78, 5) is 16.8. The van der Waals surface area contributed by atoms with Crippen molar-refractivity contribution in [3.8, 4) is 11.3 Å². The zero-order valence-electron chi connectivity index (χ0n) is 15.2. The Morgan fingerprint density at radius 2 is 1.96 bits per heavy atom. The lowest BCUT2D eigenvalue weighted by Gasteiger charge is -2.35. The second kappa shape index (κ2) is 9.19. The fourth-order valence-electron chi connectivity index (χ4n) is 3.67. The zero-order chi connectivity index (χ0) is 17.7. The molecule has 142 valence electrons. The van der Waals surface area contributed by atoms with Gasteiger partial charge in [-0.15, -0.1) is 12.4 Å². The van der Waals surface area contributed by atoms with Crippen LogP contribution in [0.15, 0.2) is 40.9 Å². The molecule has 1 atom stereocenters. The number of carbonyl (C=O) groups is 1. The van der Waals surface area contributed by atoms with Crippen LogP contribution in [0.25, 0.3) is 11.3 Å². The molecule has 1 heterocycles. The van der Waals surface area contributed by atoms with Gasteiger partial charge in [-0.1, -0.05) is 49.6 Å². The van der Waals surface area contributed by atoms with Gasteiger partial charge in [0, 0.05) is 12.0 Å². The Hall–Kier alpha value is -1.85. The molecule has 0 aliphatic heterocycles. The maximum absolute atomic E-state index is 12.5. The van der Waals surface area contributed by atoms with Crippen LogP contribution in [0.4, 0.5) is 0 Å². The van der Waals surface area contributed by atoms with Gasteiger partial charge in [0.05, 0.1) is 6.20 Å². The molecule has 3 N–H and O–H groups in total. The summed E-state index contributed by atoms with van der Waals surface area (Å²) in [5.74, 6) is 1.26. The summed E-state index contributed by atoms with van der Waals surface area (Å²) in [5, 5.41) is 3.02. The number of oxazole rings is 1. The summed E-state index contributed by atoms with van der Waals surface area (Å²) >= 11 is 0. The molecule has 1 saturated carbocycles. The highest BCUT2D eigenvalue weighted by Crippen LogP contribution is 2.38. The first-order valence-electron chi connectivity index (χ1n) is 9.12. The monoisotopic (exact) mass is 377 g/mol. The van der Waals surface area contributed by atoms with E-state index in [9.17, 15) is 4.79 Å². The second-order valence-electron chi connectivity index (χ2n) is 7.16. The van der Waals surface area contributed by atoms with Crippen LogP contribution in [-0.2, 0) is 4.79 Å². The summed E-state index contributed by atoms with van der Waals surface area (Å²) < 4.78 is 5.82. The minimum atomic E-state index is -0.261. The second-order valence-corrected chi connectivity index (χ2v) is 7.16. The number of nitrogens with zero attached hydrogens (tertiary/aromatic N) is 1. The third-order valence-electron chi connectivity index (χ3n) is 5.21. The van der Waals surface area contributed by atoms with Crippen LogP contribution >= 0.6 is 12.4 Å². The van der Waals surface area contributed by atoms with E-state index in [1.54, 1.807) is 6.20 Å². The molecule has 1 aliphatic carbocycles. The lowest BCUT2D eigenvalue weighted by Crippen LogP contribution is -2.39. The molecule has 1 aromatic heterocycles. The van der Waals surface area contributed by atoms with Gasteiger partial charge in [-0.05, 0) is 31.7 Å². The Labute approximate surface area is 161 Å². The third kappa shape index (κ3) is 4.86. The van der Waals surface area contributed by atoms with Crippen molar-refractivity contribution >= 4 is 18.3 Å². The van der Waals surface area contributed by atoms with Crippen molar-refractivity contribution in [2.45, 2.75) is 51.5 Å². The molecular formula is C20H28ClN3O2. The maximum Gasteiger partial charge on any atom is 0.221 e. The van der Waals surface area contributed by atoms with Crippen molar-refractivity contribution in [1.29, 1.82) is 0 Å². The molecular weight excluding hydrogens is 350 g/mol. The van der Waals surface area contributed by atoms with E-state index in [-0.39, 0.29) is 29.8 Å². The first-order valence-corrected chi connectivity index (χ1v) is 9.12. The number of aromatic nitrogens is 1. The van der Waals surface area contributed by atoms with Crippen LogP contribution in [0.5, 0.6) is 0 Å². The Morgan fingerprint density at radius 1 is 1.27 bits per heavy atom. The van der Waals surface area contributed by atoms with E-state index in [0.717, 1.165) is 18.4 Å². The molecule has 3 rings (SSSR count). The number of nitrogens with two attached hydrogens (primary N) is 1. The van der Waals surface area contributed by atoms with Gasteiger partial charge in [0.15, 0.2) is 5.76 Å². The van der Waals surface area contributed by atoms with Gasteiger partial charge in [0.25, 0.3) is 0 Å². The van der Waals surface area contributed by atoms with E-state index in [0.29, 0.717) is 24.6 Å². The lowest BCUT2D eigenvalue weighted by molar-refractivity contribution is -0.124. The Balaban J connectivity index is 0.00000243. The van der Waals surface area contributed by atoms with Gasteiger partial charge in [-0.25, -0.2) is 4.98 Å². The number of benzene rings is 1. The molecule has 1 unspecified atom stereocenters. The molecule has 6 heteroatoms. The fourth-order valence-corrected chi connectivity index (χ4v) is 3.67. The van der Waals surface area contributed by atoms with Crippen molar-refractivity contribution < 1.29 is 9.21 Å². The Bertz CT molecular complexity index is 696. The number of carbonyl (C=O) groups excluding carboxylic acids is 1. The van der Waals surface area contributed by atoms with Gasteiger partial charge in [0.2, 0.25) is 11.8 Å². The molecule has 0 saturated heterocycles. The predicted molar refractivity (Wildman–Crippen MR) is 105 cm³/mol. The Kier molecular flexibility index (Phi) is 7.23. The molecule has 0 bridgehead atoms. The van der Waals surface area contributed by atoms with E-state index in [4.69, 9.17) is 10.2 Å². The molecule has 26 heavy (non-hydrogen) atoms. The van der Waals surface area contributed by atoms with Crippen molar-refractivity contribution in [3.63, 3.8) is 0 Å². The minimum absolute atomic E-state index is 0. The van der Waals surface area contributed by atoms with Crippen LogP contribution in [0, 0.1) is 5.41 Å². The third-order valence-corrected chi connectivity index (χ3v) is 5.21. The number of halogens is 1. The number of hydrogen-bond acceptors (Lipinski definition) is 4. The molecule has 0 spiro atoms. The van der Waals surface area contributed by atoms with Crippen LogP contribution in [-0.4, -0.2) is 17.4 Å². The normalized spacial score (nSPS) is 17.2. The Morgan fingerprint density at radius 3 is 2.62 bits per heavy atom. The average molecular weight is 378 g/mol. The lowest BCUT2D eigenvalue weighted by atomic mass is 9.71. The van der Waals surface area contributed by atoms with Crippen LogP contribution < -0.4 is 11.1 Å². The van der Waals surface area contributed by atoms with Gasteiger partial charge < -0.3 is 15.5 Å². The van der Waals surface area contributed by atoms with Crippen molar-refractivity contribution in [3.05, 3.63) is 42.4 Å².